The number of hydrogen-bond acceptors (Lipinski definition) is 1. The van der Waals surface area contributed by atoms with Crippen molar-refractivity contribution in [2.75, 3.05) is 5.32 Å². The lowest BCUT2D eigenvalue weighted by molar-refractivity contribution is 0.245. The molecule has 0 aliphatic heterocycles. The maximum atomic E-state index is 5.26. The Labute approximate surface area is 96.1 Å². The highest BCUT2D eigenvalue weighted by atomic mass is 32.1. The SMILES string of the molecule is CC1(NC(=S)Nc2ccccc2)CCC1. The molecule has 0 unspecified atom stereocenters. The fraction of sp³-hybridized carbons (Fsp3) is 0.417. The second kappa shape index (κ2) is 4.19. The summed E-state index contributed by atoms with van der Waals surface area (Å²) in [4.78, 5) is 0. The van der Waals surface area contributed by atoms with Crippen molar-refractivity contribution in [2.45, 2.75) is 31.7 Å². The molecule has 2 N–H and O–H groups in total. The molecule has 0 spiro atoms. The average Bonchev–Trinajstić information content (AvgIpc) is 2.16. The summed E-state index contributed by atoms with van der Waals surface area (Å²) in [6.07, 6.45) is 3.73. The zero-order valence-electron chi connectivity index (χ0n) is 8.92. The van der Waals surface area contributed by atoms with Gasteiger partial charge in [-0.1, -0.05) is 18.2 Å². The normalized spacial score (nSPS) is 17.7. The van der Waals surface area contributed by atoms with Crippen molar-refractivity contribution < 1.29 is 0 Å². The summed E-state index contributed by atoms with van der Waals surface area (Å²) in [7, 11) is 0. The Kier molecular flexibility index (Phi) is 2.91. The number of para-hydroxylation sites is 1. The molecule has 1 aromatic rings. The van der Waals surface area contributed by atoms with Gasteiger partial charge in [0.1, 0.15) is 0 Å². The molecule has 0 saturated heterocycles. The molecule has 1 fully saturated rings. The van der Waals surface area contributed by atoms with Crippen LogP contribution in [0.1, 0.15) is 26.2 Å². The minimum atomic E-state index is 0.221. The van der Waals surface area contributed by atoms with Crippen LogP contribution in [0.3, 0.4) is 0 Å². The first-order valence-corrected chi connectivity index (χ1v) is 5.73. The van der Waals surface area contributed by atoms with Gasteiger partial charge in [0.15, 0.2) is 5.11 Å². The highest BCUT2D eigenvalue weighted by Crippen LogP contribution is 2.30. The van der Waals surface area contributed by atoms with E-state index < -0.39 is 0 Å². The largest absolute Gasteiger partial charge is 0.357 e. The molecule has 1 aliphatic rings. The molecule has 80 valence electrons. The smallest absolute Gasteiger partial charge is 0.171 e. The Balaban J connectivity index is 1.87. The number of rotatable bonds is 2. The molecule has 1 aliphatic carbocycles. The van der Waals surface area contributed by atoms with Crippen molar-refractivity contribution in [1.29, 1.82) is 0 Å². The number of hydrogen-bond donors (Lipinski definition) is 2. The molecule has 0 heterocycles. The first-order valence-electron chi connectivity index (χ1n) is 5.32. The van der Waals surface area contributed by atoms with Crippen LogP contribution in [-0.4, -0.2) is 10.7 Å². The summed E-state index contributed by atoms with van der Waals surface area (Å²) in [5.41, 5.74) is 1.26. The quantitative estimate of drug-likeness (QED) is 0.749. The molecule has 0 aromatic heterocycles. The van der Waals surface area contributed by atoms with E-state index in [0.29, 0.717) is 0 Å². The van der Waals surface area contributed by atoms with Gasteiger partial charge in [0.25, 0.3) is 0 Å². The zero-order valence-corrected chi connectivity index (χ0v) is 9.73. The summed E-state index contributed by atoms with van der Waals surface area (Å²) in [6, 6.07) is 10.0. The van der Waals surface area contributed by atoms with Gasteiger partial charge < -0.3 is 10.6 Å². The van der Waals surface area contributed by atoms with Gasteiger partial charge in [-0.25, -0.2) is 0 Å². The highest BCUT2D eigenvalue weighted by Gasteiger charge is 2.31. The molecule has 15 heavy (non-hydrogen) atoms. The van der Waals surface area contributed by atoms with Crippen molar-refractivity contribution in [2.24, 2.45) is 0 Å². The second-order valence-corrected chi connectivity index (χ2v) is 4.77. The van der Waals surface area contributed by atoms with Crippen LogP contribution < -0.4 is 10.6 Å². The molecule has 0 bridgehead atoms. The molecule has 1 aromatic carbocycles. The van der Waals surface area contributed by atoms with Gasteiger partial charge >= 0.3 is 0 Å². The number of nitrogens with one attached hydrogen (secondary N) is 2. The van der Waals surface area contributed by atoms with Gasteiger partial charge in [-0.3, -0.25) is 0 Å². The summed E-state index contributed by atoms with van der Waals surface area (Å²) >= 11 is 5.26. The lowest BCUT2D eigenvalue weighted by atomic mass is 9.79. The first kappa shape index (κ1) is 10.4. The van der Waals surface area contributed by atoms with Crippen LogP contribution in [0.5, 0.6) is 0 Å². The maximum absolute atomic E-state index is 5.26. The van der Waals surface area contributed by atoms with E-state index in [1.165, 1.54) is 19.3 Å². The summed E-state index contributed by atoms with van der Waals surface area (Å²) < 4.78 is 0. The van der Waals surface area contributed by atoms with E-state index in [4.69, 9.17) is 12.2 Å². The molecule has 3 heteroatoms. The fourth-order valence-corrected chi connectivity index (χ4v) is 2.15. The Morgan fingerprint density at radius 3 is 2.47 bits per heavy atom. The van der Waals surface area contributed by atoms with Crippen molar-refractivity contribution in [3.63, 3.8) is 0 Å². The van der Waals surface area contributed by atoms with Gasteiger partial charge in [0.05, 0.1) is 0 Å². The maximum Gasteiger partial charge on any atom is 0.171 e. The highest BCUT2D eigenvalue weighted by molar-refractivity contribution is 7.80. The molecular formula is C12H16N2S. The van der Waals surface area contributed by atoms with Crippen LogP contribution in [0.2, 0.25) is 0 Å². The summed E-state index contributed by atoms with van der Waals surface area (Å²) in [5.74, 6) is 0. The number of thiocarbonyl (C=S) groups is 1. The minimum Gasteiger partial charge on any atom is -0.357 e. The van der Waals surface area contributed by atoms with E-state index in [9.17, 15) is 0 Å². The van der Waals surface area contributed by atoms with Crippen LogP contribution in [0.15, 0.2) is 30.3 Å². The van der Waals surface area contributed by atoms with Gasteiger partial charge in [-0.15, -0.1) is 0 Å². The van der Waals surface area contributed by atoms with E-state index in [1.54, 1.807) is 0 Å². The van der Waals surface area contributed by atoms with E-state index in [2.05, 4.69) is 17.6 Å². The van der Waals surface area contributed by atoms with E-state index in [0.717, 1.165) is 10.8 Å². The molecule has 2 nitrogen and oxygen atoms in total. The zero-order chi connectivity index (χ0) is 10.7. The minimum absolute atomic E-state index is 0.221. The topological polar surface area (TPSA) is 24.1 Å². The Bertz CT molecular complexity index is 344. The standard InChI is InChI=1S/C12H16N2S/c1-12(8-5-9-12)14-11(15)13-10-6-3-2-4-7-10/h2-4,6-7H,5,8-9H2,1H3,(H2,13,14,15). The van der Waals surface area contributed by atoms with Gasteiger partial charge in [-0.05, 0) is 50.5 Å². The van der Waals surface area contributed by atoms with Crippen molar-refractivity contribution in [3.8, 4) is 0 Å². The number of anilines is 1. The van der Waals surface area contributed by atoms with Crippen molar-refractivity contribution in [1.82, 2.24) is 5.32 Å². The molecule has 0 radical (unpaired) electrons. The van der Waals surface area contributed by atoms with Gasteiger partial charge in [0.2, 0.25) is 0 Å². The van der Waals surface area contributed by atoms with Crippen LogP contribution in [-0.2, 0) is 0 Å². The molecular weight excluding hydrogens is 204 g/mol. The first-order chi connectivity index (χ1) is 7.18. The predicted molar refractivity (Wildman–Crippen MR) is 68.1 cm³/mol. The van der Waals surface area contributed by atoms with Gasteiger partial charge in [-0.2, -0.15) is 0 Å². The monoisotopic (exact) mass is 220 g/mol. The average molecular weight is 220 g/mol. The van der Waals surface area contributed by atoms with Crippen LogP contribution >= 0.6 is 12.2 Å². The van der Waals surface area contributed by atoms with Crippen molar-refractivity contribution in [3.05, 3.63) is 30.3 Å². The van der Waals surface area contributed by atoms with Crippen LogP contribution in [0.25, 0.3) is 0 Å². The molecule has 0 atom stereocenters. The molecule has 2 rings (SSSR count). The Hall–Kier alpha value is -1.09. The lowest BCUT2D eigenvalue weighted by Crippen LogP contribution is -2.52. The van der Waals surface area contributed by atoms with E-state index in [-0.39, 0.29) is 5.54 Å². The van der Waals surface area contributed by atoms with Crippen LogP contribution in [0, 0.1) is 0 Å². The fourth-order valence-electron chi connectivity index (χ4n) is 1.79. The Morgan fingerprint density at radius 2 is 1.93 bits per heavy atom. The van der Waals surface area contributed by atoms with E-state index in [1.807, 2.05) is 30.3 Å². The van der Waals surface area contributed by atoms with E-state index >= 15 is 0 Å². The summed E-state index contributed by atoms with van der Waals surface area (Å²) in [5, 5.41) is 7.27. The van der Waals surface area contributed by atoms with Crippen LogP contribution in [0.4, 0.5) is 5.69 Å². The van der Waals surface area contributed by atoms with Crippen molar-refractivity contribution >= 4 is 23.0 Å². The lowest BCUT2D eigenvalue weighted by Gasteiger charge is -2.40. The predicted octanol–water partition coefficient (Wildman–Crippen LogP) is 2.92. The van der Waals surface area contributed by atoms with Gasteiger partial charge in [0, 0.05) is 11.2 Å². The molecule has 1 saturated carbocycles. The Morgan fingerprint density at radius 1 is 1.27 bits per heavy atom. The third-order valence-electron chi connectivity index (χ3n) is 2.90. The second-order valence-electron chi connectivity index (χ2n) is 4.36. The third-order valence-corrected chi connectivity index (χ3v) is 3.11. The third kappa shape index (κ3) is 2.69. The molecule has 0 amide bonds. The summed E-state index contributed by atoms with van der Waals surface area (Å²) in [6.45, 7) is 2.22. The number of benzene rings is 1.